The van der Waals surface area contributed by atoms with Crippen LogP contribution in [0, 0.1) is 0 Å². The third-order valence-electron chi connectivity index (χ3n) is 3.93. The Labute approximate surface area is 144 Å². The van der Waals surface area contributed by atoms with Crippen LogP contribution in [0.5, 0.6) is 5.75 Å². The zero-order chi connectivity index (χ0) is 16.4. The van der Waals surface area contributed by atoms with Crippen molar-refractivity contribution < 1.29 is 9.90 Å². The summed E-state index contributed by atoms with van der Waals surface area (Å²) >= 11 is 11.8. The van der Waals surface area contributed by atoms with Gasteiger partial charge in [0.2, 0.25) is 0 Å². The molecule has 6 heteroatoms. The van der Waals surface area contributed by atoms with Gasteiger partial charge in [-0.25, -0.2) is 0 Å². The molecule has 0 spiro atoms. The van der Waals surface area contributed by atoms with Crippen LogP contribution in [0.25, 0.3) is 0 Å². The second-order valence-electron chi connectivity index (χ2n) is 5.57. The van der Waals surface area contributed by atoms with Crippen LogP contribution in [-0.2, 0) is 13.0 Å². The van der Waals surface area contributed by atoms with Crippen LogP contribution in [0.15, 0.2) is 36.4 Å². The van der Waals surface area contributed by atoms with Gasteiger partial charge in [-0.3, -0.25) is 4.79 Å². The van der Waals surface area contributed by atoms with Gasteiger partial charge in [0.05, 0.1) is 10.0 Å². The molecule has 2 aromatic carbocycles. The maximum atomic E-state index is 12.2. The van der Waals surface area contributed by atoms with Gasteiger partial charge >= 0.3 is 0 Å². The number of carbonyl (C=O) groups is 1. The molecule has 23 heavy (non-hydrogen) atoms. The molecule has 0 saturated heterocycles. The molecule has 1 amide bonds. The molecule has 4 nitrogen and oxygen atoms in total. The van der Waals surface area contributed by atoms with Gasteiger partial charge in [-0.1, -0.05) is 29.3 Å². The minimum absolute atomic E-state index is 0.152. The quantitative estimate of drug-likeness (QED) is 0.796. The number of fused-ring (bicyclic) bond motifs is 1. The number of amides is 1. The average Bonchev–Trinajstić information content (AvgIpc) is 2.55. The monoisotopic (exact) mass is 350 g/mol. The SMILES string of the molecule is O=C(NCC1Cc2ccc(O)cc2CN1)c1ccc(Cl)c(Cl)c1. The molecule has 0 fully saturated rings. The Morgan fingerprint density at radius 2 is 2.00 bits per heavy atom. The van der Waals surface area contributed by atoms with Gasteiger partial charge in [-0.05, 0) is 47.9 Å². The first-order valence-corrected chi connectivity index (χ1v) is 8.06. The van der Waals surface area contributed by atoms with E-state index in [1.165, 1.54) is 5.56 Å². The Bertz CT molecular complexity index is 749. The third-order valence-corrected chi connectivity index (χ3v) is 4.67. The first-order chi connectivity index (χ1) is 11.0. The summed E-state index contributed by atoms with van der Waals surface area (Å²) < 4.78 is 0. The first kappa shape index (κ1) is 16.1. The Morgan fingerprint density at radius 3 is 2.78 bits per heavy atom. The highest BCUT2D eigenvalue weighted by molar-refractivity contribution is 6.42. The van der Waals surface area contributed by atoms with Gasteiger partial charge in [-0.2, -0.15) is 0 Å². The Morgan fingerprint density at radius 1 is 1.17 bits per heavy atom. The molecule has 120 valence electrons. The lowest BCUT2D eigenvalue weighted by atomic mass is 9.95. The third kappa shape index (κ3) is 3.78. The van der Waals surface area contributed by atoms with Crippen LogP contribution >= 0.6 is 23.2 Å². The number of hydrogen-bond acceptors (Lipinski definition) is 3. The molecule has 2 aromatic rings. The van der Waals surface area contributed by atoms with E-state index in [4.69, 9.17) is 23.2 Å². The smallest absolute Gasteiger partial charge is 0.251 e. The van der Waals surface area contributed by atoms with E-state index < -0.39 is 0 Å². The van der Waals surface area contributed by atoms with E-state index in [0.29, 0.717) is 28.7 Å². The van der Waals surface area contributed by atoms with E-state index in [9.17, 15) is 9.90 Å². The maximum absolute atomic E-state index is 12.2. The van der Waals surface area contributed by atoms with Crippen LogP contribution in [0.4, 0.5) is 0 Å². The van der Waals surface area contributed by atoms with Gasteiger partial charge in [-0.15, -0.1) is 0 Å². The van der Waals surface area contributed by atoms with Gasteiger partial charge in [0.1, 0.15) is 5.75 Å². The predicted molar refractivity (Wildman–Crippen MR) is 91.2 cm³/mol. The molecule has 1 aliphatic rings. The van der Waals surface area contributed by atoms with Crippen molar-refractivity contribution in [2.45, 2.75) is 19.0 Å². The van der Waals surface area contributed by atoms with E-state index in [-0.39, 0.29) is 17.7 Å². The summed E-state index contributed by atoms with van der Waals surface area (Å²) in [5, 5.41) is 16.5. The van der Waals surface area contributed by atoms with E-state index >= 15 is 0 Å². The molecule has 3 rings (SSSR count). The number of hydrogen-bond donors (Lipinski definition) is 3. The van der Waals surface area contributed by atoms with E-state index in [2.05, 4.69) is 10.6 Å². The van der Waals surface area contributed by atoms with Crippen molar-refractivity contribution in [3.05, 3.63) is 63.1 Å². The summed E-state index contributed by atoms with van der Waals surface area (Å²) in [5.74, 6) is 0.0961. The predicted octanol–water partition coefficient (Wildman–Crippen LogP) is 3.14. The summed E-state index contributed by atoms with van der Waals surface area (Å²) in [4.78, 5) is 12.2. The zero-order valence-electron chi connectivity index (χ0n) is 12.3. The fourth-order valence-corrected chi connectivity index (χ4v) is 2.97. The molecule has 3 N–H and O–H groups in total. The van der Waals surface area contributed by atoms with Crippen LogP contribution in [0.2, 0.25) is 10.0 Å². The van der Waals surface area contributed by atoms with E-state index in [0.717, 1.165) is 12.0 Å². The fraction of sp³-hybridized carbons (Fsp3) is 0.235. The van der Waals surface area contributed by atoms with Crippen molar-refractivity contribution >= 4 is 29.1 Å². The Balaban J connectivity index is 1.59. The lowest BCUT2D eigenvalue weighted by Gasteiger charge is -2.26. The summed E-state index contributed by atoms with van der Waals surface area (Å²) in [5.41, 5.74) is 2.77. The zero-order valence-corrected chi connectivity index (χ0v) is 13.8. The summed E-state index contributed by atoms with van der Waals surface area (Å²) in [7, 11) is 0. The van der Waals surface area contributed by atoms with E-state index in [1.54, 1.807) is 30.3 Å². The Kier molecular flexibility index (Phi) is 4.76. The number of nitrogens with one attached hydrogen (secondary N) is 2. The minimum Gasteiger partial charge on any atom is -0.508 e. The second-order valence-corrected chi connectivity index (χ2v) is 6.39. The van der Waals surface area contributed by atoms with Gasteiger partial charge in [0.25, 0.3) is 5.91 Å². The van der Waals surface area contributed by atoms with Crippen molar-refractivity contribution in [2.75, 3.05) is 6.54 Å². The van der Waals surface area contributed by atoms with Crippen LogP contribution in [0.1, 0.15) is 21.5 Å². The van der Waals surface area contributed by atoms with Crippen molar-refractivity contribution in [3.63, 3.8) is 0 Å². The number of carbonyl (C=O) groups excluding carboxylic acids is 1. The van der Waals surface area contributed by atoms with Crippen LogP contribution in [-0.4, -0.2) is 23.6 Å². The van der Waals surface area contributed by atoms with Gasteiger partial charge in [0.15, 0.2) is 0 Å². The summed E-state index contributed by atoms with van der Waals surface area (Å²) in [6, 6.07) is 10.4. The molecular formula is C17H16Cl2N2O2. The molecule has 0 saturated carbocycles. The average molecular weight is 351 g/mol. The number of rotatable bonds is 3. The van der Waals surface area contributed by atoms with Crippen molar-refractivity contribution in [2.24, 2.45) is 0 Å². The molecule has 0 radical (unpaired) electrons. The number of phenols is 1. The molecule has 1 heterocycles. The van der Waals surface area contributed by atoms with E-state index in [1.807, 2.05) is 6.07 Å². The number of aromatic hydroxyl groups is 1. The van der Waals surface area contributed by atoms with Crippen molar-refractivity contribution in [1.29, 1.82) is 0 Å². The summed E-state index contributed by atoms with van der Waals surface area (Å²) in [6.07, 6.45) is 0.803. The topological polar surface area (TPSA) is 61.4 Å². The van der Waals surface area contributed by atoms with Crippen molar-refractivity contribution in [3.8, 4) is 5.75 Å². The van der Waals surface area contributed by atoms with Crippen molar-refractivity contribution in [1.82, 2.24) is 10.6 Å². The highest BCUT2D eigenvalue weighted by Gasteiger charge is 2.19. The fourth-order valence-electron chi connectivity index (χ4n) is 2.67. The highest BCUT2D eigenvalue weighted by atomic mass is 35.5. The molecular weight excluding hydrogens is 335 g/mol. The molecule has 1 atom stereocenters. The molecule has 0 bridgehead atoms. The lowest BCUT2D eigenvalue weighted by Crippen LogP contribution is -2.44. The lowest BCUT2D eigenvalue weighted by molar-refractivity contribution is 0.0949. The van der Waals surface area contributed by atoms with Crippen LogP contribution in [0.3, 0.4) is 0 Å². The first-order valence-electron chi connectivity index (χ1n) is 7.30. The van der Waals surface area contributed by atoms with Gasteiger partial charge < -0.3 is 15.7 Å². The molecule has 1 aliphatic heterocycles. The molecule has 0 aliphatic carbocycles. The Hall–Kier alpha value is -1.75. The standard InChI is InChI=1S/C17H16Cl2N2O2/c18-15-4-2-11(7-16(15)19)17(23)21-9-13-5-10-1-3-14(22)6-12(10)8-20-13/h1-4,6-7,13,20,22H,5,8-9H2,(H,21,23). The highest BCUT2D eigenvalue weighted by Crippen LogP contribution is 2.23. The van der Waals surface area contributed by atoms with Gasteiger partial charge in [0, 0.05) is 24.7 Å². The minimum atomic E-state index is -0.179. The molecule has 1 unspecified atom stereocenters. The number of phenolic OH excluding ortho intramolecular Hbond substituents is 1. The second kappa shape index (κ2) is 6.79. The number of halogens is 2. The largest absolute Gasteiger partial charge is 0.508 e. The van der Waals surface area contributed by atoms with Crippen LogP contribution < -0.4 is 10.6 Å². The molecule has 0 aromatic heterocycles. The maximum Gasteiger partial charge on any atom is 0.251 e. The normalized spacial score (nSPS) is 16.7. The summed E-state index contributed by atoms with van der Waals surface area (Å²) in [6.45, 7) is 1.19. The number of benzene rings is 2.